The van der Waals surface area contributed by atoms with Crippen molar-refractivity contribution >= 4 is 11.9 Å². The molecular weight excluding hydrogens is 356 g/mol. The molecule has 1 aromatic carbocycles. The van der Waals surface area contributed by atoms with E-state index in [-0.39, 0.29) is 24.6 Å². The highest BCUT2D eigenvalue weighted by molar-refractivity contribution is 5.95. The van der Waals surface area contributed by atoms with E-state index in [0.717, 1.165) is 10.9 Å². The average Bonchev–Trinajstić information content (AvgIpc) is 3.03. The van der Waals surface area contributed by atoms with Gasteiger partial charge in [-0.1, -0.05) is 44.2 Å². The number of carboxylic acids is 1. The lowest BCUT2D eigenvalue weighted by Gasteiger charge is -2.25. The van der Waals surface area contributed by atoms with Crippen molar-refractivity contribution in [2.24, 2.45) is 5.92 Å². The van der Waals surface area contributed by atoms with Gasteiger partial charge >= 0.3 is 5.97 Å². The maximum absolute atomic E-state index is 13.5. The van der Waals surface area contributed by atoms with Crippen LogP contribution in [0.1, 0.15) is 48.8 Å². The highest BCUT2D eigenvalue weighted by Crippen LogP contribution is 2.26. The van der Waals surface area contributed by atoms with E-state index >= 15 is 0 Å². The van der Waals surface area contributed by atoms with Crippen LogP contribution in [0.15, 0.2) is 36.5 Å². The summed E-state index contributed by atoms with van der Waals surface area (Å²) in [4.78, 5) is 24.3. The van der Waals surface area contributed by atoms with Gasteiger partial charge in [-0.25, -0.2) is 8.78 Å². The average molecular weight is 379 g/mol. The summed E-state index contributed by atoms with van der Waals surface area (Å²) < 4.78 is 28.1. The molecule has 8 heteroatoms. The first kappa shape index (κ1) is 20.5. The molecule has 0 saturated carbocycles. The first-order valence-electron chi connectivity index (χ1n) is 8.57. The lowest BCUT2D eigenvalue weighted by Crippen LogP contribution is -2.44. The molecule has 0 saturated heterocycles. The lowest BCUT2D eigenvalue weighted by molar-refractivity contribution is -0.142. The quantitative estimate of drug-likeness (QED) is 0.737. The molecule has 146 valence electrons. The first-order valence-corrected chi connectivity index (χ1v) is 8.57. The van der Waals surface area contributed by atoms with Crippen LogP contribution >= 0.6 is 0 Å². The molecule has 6 nitrogen and oxygen atoms in total. The Bertz CT molecular complexity index is 806. The van der Waals surface area contributed by atoms with Crippen molar-refractivity contribution in [2.75, 3.05) is 6.54 Å². The maximum Gasteiger partial charge on any atom is 0.315 e. The van der Waals surface area contributed by atoms with Crippen LogP contribution in [-0.4, -0.2) is 33.3 Å². The maximum atomic E-state index is 13.5. The molecule has 0 fully saturated rings. The summed E-state index contributed by atoms with van der Waals surface area (Å²) in [6, 6.07) is 8.44. The zero-order valence-corrected chi connectivity index (χ0v) is 15.4. The van der Waals surface area contributed by atoms with E-state index in [2.05, 4.69) is 10.4 Å². The highest BCUT2D eigenvalue weighted by Gasteiger charge is 2.36. The Morgan fingerprint density at radius 3 is 2.41 bits per heavy atom. The smallest absolute Gasteiger partial charge is 0.315 e. The Labute approximate surface area is 156 Å². The molecule has 2 aromatic rings. The van der Waals surface area contributed by atoms with Crippen molar-refractivity contribution in [3.8, 4) is 0 Å². The van der Waals surface area contributed by atoms with Gasteiger partial charge < -0.3 is 10.4 Å². The molecule has 2 rings (SSSR count). The van der Waals surface area contributed by atoms with E-state index in [9.17, 15) is 23.5 Å². The van der Waals surface area contributed by atoms with Crippen LogP contribution in [-0.2, 0) is 16.8 Å². The van der Waals surface area contributed by atoms with Crippen LogP contribution in [0.5, 0.6) is 0 Å². The summed E-state index contributed by atoms with van der Waals surface area (Å²) in [5, 5.41) is 16.0. The van der Waals surface area contributed by atoms with Crippen LogP contribution in [0, 0.1) is 5.92 Å². The fraction of sp³-hybridized carbons (Fsp3) is 0.421. The van der Waals surface area contributed by atoms with Gasteiger partial charge in [-0.05, 0) is 18.4 Å². The second-order valence-corrected chi connectivity index (χ2v) is 7.01. The van der Waals surface area contributed by atoms with Gasteiger partial charge in [-0.2, -0.15) is 5.10 Å². The molecule has 1 atom stereocenters. The molecule has 0 bridgehead atoms. The number of nitrogens with zero attached hydrogens (tertiary/aromatic N) is 2. The SMILES string of the molecule is CC(C)Cn1ncc(C(=O)NCC(C)(C(=O)O)c2ccccc2)c1C(F)F. The lowest BCUT2D eigenvalue weighted by atomic mass is 9.82. The van der Waals surface area contributed by atoms with Gasteiger partial charge in [0.15, 0.2) is 0 Å². The molecule has 0 aliphatic carbocycles. The van der Waals surface area contributed by atoms with Gasteiger partial charge in [0.05, 0.1) is 11.8 Å². The summed E-state index contributed by atoms with van der Waals surface area (Å²) in [6.45, 7) is 5.19. The van der Waals surface area contributed by atoms with Gasteiger partial charge in [-0.15, -0.1) is 0 Å². The predicted octanol–water partition coefficient (Wildman–Crippen LogP) is 3.25. The van der Waals surface area contributed by atoms with Crippen LogP contribution < -0.4 is 5.32 Å². The monoisotopic (exact) mass is 379 g/mol. The number of aliphatic carboxylic acids is 1. The standard InChI is InChI=1S/C19H23F2N3O3/c1-12(2)10-24-15(16(20)21)14(9-23-24)17(25)22-11-19(3,18(26)27)13-7-5-4-6-8-13/h4-9,12,16H,10-11H2,1-3H3,(H,22,25)(H,26,27). The molecule has 0 radical (unpaired) electrons. The molecule has 0 spiro atoms. The summed E-state index contributed by atoms with van der Waals surface area (Å²) in [6.07, 6.45) is -1.77. The number of amides is 1. The minimum Gasteiger partial charge on any atom is -0.481 e. The van der Waals surface area contributed by atoms with Crippen LogP contribution in [0.4, 0.5) is 8.78 Å². The fourth-order valence-corrected chi connectivity index (χ4v) is 2.75. The van der Waals surface area contributed by atoms with Crippen LogP contribution in [0.25, 0.3) is 0 Å². The molecule has 1 heterocycles. The minimum atomic E-state index is -2.87. The molecule has 1 aromatic heterocycles. The van der Waals surface area contributed by atoms with Crippen molar-refractivity contribution < 1.29 is 23.5 Å². The Hall–Kier alpha value is -2.77. The molecule has 2 N–H and O–H groups in total. The third kappa shape index (κ3) is 4.50. The Kier molecular flexibility index (Phi) is 6.30. The second kappa shape index (κ2) is 8.28. The number of carbonyl (C=O) groups excluding carboxylic acids is 1. The Morgan fingerprint density at radius 2 is 1.89 bits per heavy atom. The number of nitrogens with one attached hydrogen (secondary N) is 1. The molecule has 27 heavy (non-hydrogen) atoms. The minimum absolute atomic E-state index is 0.0756. The van der Waals surface area contributed by atoms with Gasteiger partial charge in [0.2, 0.25) is 0 Å². The number of aromatic nitrogens is 2. The Balaban J connectivity index is 2.24. The molecule has 0 aliphatic rings. The van der Waals surface area contributed by atoms with Gasteiger partial charge in [-0.3, -0.25) is 14.3 Å². The van der Waals surface area contributed by atoms with E-state index in [1.807, 2.05) is 13.8 Å². The van der Waals surface area contributed by atoms with Crippen molar-refractivity contribution in [2.45, 2.75) is 39.2 Å². The number of hydrogen-bond acceptors (Lipinski definition) is 3. The van der Waals surface area contributed by atoms with Gasteiger partial charge in [0, 0.05) is 13.1 Å². The van der Waals surface area contributed by atoms with E-state index in [0.29, 0.717) is 5.56 Å². The third-order valence-electron chi connectivity index (χ3n) is 4.36. The summed E-state index contributed by atoms with van der Waals surface area (Å²) in [5.41, 5.74) is -1.60. The van der Waals surface area contributed by atoms with E-state index in [1.165, 1.54) is 6.92 Å². The summed E-state index contributed by atoms with van der Waals surface area (Å²) >= 11 is 0. The van der Waals surface area contributed by atoms with Gasteiger partial charge in [0.25, 0.3) is 12.3 Å². The molecule has 1 amide bonds. The highest BCUT2D eigenvalue weighted by atomic mass is 19.3. The second-order valence-electron chi connectivity index (χ2n) is 7.01. The van der Waals surface area contributed by atoms with E-state index in [1.54, 1.807) is 30.3 Å². The zero-order chi connectivity index (χ0) is 20.2. The van der Waals surface area contributed by atoms with Crippen LogP contribution in [0.2, 0.25) is 0 Å². The number of benzene rings is 1. The predicted molar refractivity (Wildman–Crippen MR) is 95.8 cm³/mol. The zero-order valence-electron chi connectivity index (χ0n) is 15.4. The number of carboxylic acid groups (broad SMARTS) is 1. The van der Waals surface area contributed by atoms with Crippen molar-refractivity contribution in [3.63, 3.8) is 0 Å². The normalized spacial score (nSPS) is 13.6. The molecule has 1 unspecified atom stereocenters. The first-order chi connectivity index (χ1) is 12.7. The largest absolute Gasteiger partial charge is 0.481 e. The fourth-order valence-electron chi connectivity index (χ4n) is 2.75. The number of hydrogen-bond donors (Lipinski definition) is 2. The van der Waals surface area contributed by atoms with E-state index in [4.69, 9.17) is 0 Å². The molecule has 0 aliphatic heterocycles. The third-order valence-corrected chi connectivity index (χ3v) is 4.36. The summed E-state index contributed by atoms with van der Waals surface area (Å²) in [5.74, 6) is -1.83. The number of rotatable bonds is 8. The van der Waals surface area contributed by atoms with Crippen molar-refractivity contribution in [1.29, 1.82) is 0 Å². The Morgan fingerprint density at radius 1 is 1.26 bits per heavy atom. The topological polar surface area (TPSA) is 84.2 Å². The summed E-state index contributed by atoms with van der Waals surface area (Å²) in [7, 11) is 0. The molecular formula is C19H23F2N3O3. The van der Waals surface area contributed by atoms with Crippen LogP contribution in [0.3, 0.4) is 0 Å². The number of halogens is 2. The van der Waals surface area contributed by atoms with Gasteiger partial charge in [0.1, 0.15) is 11.1 Å². The van der Waals surface area contributed by atoms with Crippen molar-refractivity contribution in [1.82, 2.24) is 15.1 Å². The van der Waals surface area contributed by atoms with Crippen molar-refractivity contribution in [3.05, 3.63) is 53.3 Å². The van der Waals surface area contributed by atoms with E-state index < -0.39 is 29.4 Å². The number of alkyl halides is 2. The number of carbonyl (C=O) groups is 2.